The molecule has 0 aliphatic rings. The molecule has 0 spiro atoms. The number of rotatable bonds is 6. The van der Waals surface area contributed by atoms with E-state index in [1.54, 1.807) is 25.4 Å². The van der Waals surface area contributed by atoms with Gasteiger partial charge in [-0.1, -0.05) is 17.4 Å². The highest BCUT2D eigenvalue weighted by molar-refractivity contribution is 7.17. The van der Waals surface area contributed by atoms with Gasteiger partial charge in [0.05, 0.1) is 19.0 Å². The first-order chi connectivity index (χ1) is 13.9. The maximum atomic E-state index is 12.7. The lowest BCUT2D eigenvalue weighted by Crippen LogP contribution is -2.12. The van der Waals surface area contributed by atoms with Gasteiger partial charge in [-0.25, -0.2) is 4.98 Å². The van der Waals surface area contributed by atoms with Crippen molar-refractivity contribution in [1.29, 1.82) is 0 Å². The van der Waals surface area contributed by atoms with Crippen LogP contribution in [0.1, 0.15) is 27.7 Å². The topological polar surface area (TPSA) is 92.3 Å². The Kier molecular flexibility index (Phi) is 6.13. The fourth-order valence-corrected chi connectivity index (χ4v) is 3.55. The highest BCUT2D eigenvalue weighted by atomic mass is 32.1. The predicted octanol–water partition coefficient (Wildman–Crippen LogP) is 4.72. The molecule has 8 heteroatoms. The van der Waals surface area contributed by atoms with Crippen LogP contribution in [-0.2, 0) is 4.79 Å². The van der Waals surface area contributed by atoms with Crippen molar-refractivity contribution in [2.45, 2.75) is 20.8 Å². The van der Waals surface area contributed by atoms with Crippen LogP contribution in [0.5, 0.6) is 5.75 Å². The molecule has 3 N–H and O–H groups in total. The van der Waals surface area contributed by atoms with Crippen molar-refractivity contribution in [2.75, 3.05) is 23.1 Å². The highest BCUT2D eigenvalue weighted by Crippen LogP contribution is 2.30. The van der Waals surface area contributed by atoms with Gasteiger partial charge in [-0.2, -0.15) is 0 Å². The number of carbonyl (C=O) groups is 2. The van der Waals surface area contributed by atoms with Crippen molar-refractivity contribution in [1.82, 2.24) is 4.98 Å². The molecule has 0 saturated carbocycles. The molecule has 0 radical (unpaired) electrons. The van der Waals surface area contributed by atoms with Crippen LogP contribution in [0.3, 0.4) is 0 Å². The minimum absolute atomic E-state index is 0.122. The quantitative estimate of drug-likeness (QED) is 0.547. The van der Waals surface area contributed by atoms with E-state index < -0.39 is 0 Å². The molecule has 0 unspecified atom stereocenters. The number of carbonyl (C=O) groups excluding carboxylic acids is 2. The van der Waals surface area contributed by atoms with E-state index >= 15 is 0 Å². The van der Waals surface area contributed by atoms with Gasteiger partial charge in [-0.05, 0) is 49.7 Å². The summed E-state index contributed by atoms with van der Waals surface area (Å²) in [7, 11) is 1.60. The number of ether oxygens (including phenoxy) is 1. The van der Waals surface area contributed by atoms with Crippen LogP contribution < -0.4 is 20.7 Å². The summed E-state index contributed by atoms with van der Waals surface area (Å²) in [5.74, 6) is 0.374. The van der Waals surface area contributed by atoms with Crippen LogP contribution in [0.15, 0.2) is 42.6 Å². The Morgan fingerprint density at radius 1 is 1.00 bits per heavy atom. The zero-order valence-electron chi connectivity index (χ0n) is 16.6. The summed E-state index contributed by atoms with van der Waals surface area (Å²) < 4.78 is 5.33. The molecule has 2 aromatic carbocycles. The van der Waals surface area contributed by atoms with E-state index in [0.29, 0.717) is 15.7 Å². The third-order valence-electron chi connectivity index (χ3n) is 4.27. The van der Waals surface area contributed by atoms with E-state index in [2.05, 4.69) is 20.9 Å². The number of nitrogens with one attached hydrogen (secondary N) is 3. The van der Waals surface area contributed by atoms with Crippen molar-refractivity contribution in [3.05, 3.63) is 58.6 Å². The van der Waals surface area contributed by atoms with Gasteiger partial charge < -0.3 is 20.7 Å². The van der Waals surface area contributed by atoms with Gasteiger partial charge in [0.25, 0.3) is 5.91 Å². The number of aryl methyl sites for hydroxylation is 1. The lowest BCUT2D eigenvalue weighted by atomic mass is 10.1. The molecular formula is C21H22N4O3S. The van der Waals surface area contributed by atoms with E-state index in [0.717, 1.165) is 28.3 Å². The molecule has 0 fully saturated rings. The Morgan fingerprint density at radius 2 is 1.69 bits per heavy atom. The molecule has 0 bridgehead atoms. The zero-order valence-corrected chi connectivity index (χ0v) is 17.4. The van der Waals surface area contributed by atoms with Crippen LogP contribution in [0, 0.1) is 13.8 Å². The number of anilines is 4. The predicted molar refractivity (Wildman–Crippen MR) is 117 cm³/mol. The second kappa shape index (κ2) is 8.74. The summed E-state index contributed by atoms with van der Waals surface area (Å²) in [5, 5.41) is 9.43. The fourth-order valence-electron chi connectivity index (χ4n) is 2.82. The molecule has 3 aromatic rings. The summed E-state index contributed by atoms with van der Waals surface area (Å²) >= 11 is 1.26. The largest absolute Gasteiger partial charge is 0.496 e. The monoisotopic (exact) mass is 410 g/mol. The molecule has 2 amide bonds. The van der Waals surface area contributed by atoms with E-state index in [-0.39, 0.29) is 11.8 Å². The second-order valence-corrected chi connectivity index (χ2v) is 7.48. The van der Waals surface area contributed by atoms with Crippen molar-refractivity contribution in [3.63, 3.8) is 0 Å². The third-order valence-corrected chi connectivity index (χ3v) is 5.18. The number of benzene rings is 2. The summed E-state index contributed by atoms with van der Waals surface area (Å²) in [5.41, 5.74) is 4.10. The van der Waals surface area contributed by atoms with E-state index in [1.165, 1.54) is 18.3 Å². The lowest BCUT2D eigenvalue weighted by Gasteiger charge is -2.14. The SMILES string of the molecule is COc1ccc(C)c(NC(=O)c2cnc(Nc3ccc(NC(C)=O)cc3)s2)c1C. The van der Waals surface area contributed by atoms with Crippen molar-refractivity contribution in [2.24, 2.45) is 0 Å². The summed E-state index contributed by atoms with van der Waals surface area (Å²) in [6.07, 6.45) is 1.54. The molecule has 1 heterocycles. The molecule has 3 rings (SSSR count). The number of hydrogen-bond acceptors (Lipinski definition) is 6. The first-order valence-electron chi connectivity index (χ1n) is 8.93. The third kappa shape index (κ3) is 4.91. The molecule has 7 nitrogen and oxygen atoms in total. The van der Waals surface area contributed by atoms with Crippen LogP contribution >= 0.6 is 11.3 Å². The molecule has 0 aliphatic carbocycles. The van der Waals surface area contributed by atoms with Crippen molar-refractivity contribution >= 4 is 45.3 Å². The molecule has 0 saturated heterocycles. The number of thiazole rings is 1. The van der Waals surface area contributed by atoms with Crippen molar-refractivity contribution < 1.29 is 14.3 Å². The normalized spacial score (nSPS) is 10.3. The van der Waals surface area contributed by atoms with Gasteiger partial charge in [-0.15, -0.1) is 0 Å². The van der Waals surface area contributed by atoms with E-state index in [1.807, 2.05) is 38.1 Å². The maximum Gasteiger partial charge on any atom is 0.267 e. The lowest BCUT2D eigenvalue weighted by molar-refractivity contribution is -0.114. The molecule has 150 valence electrons. The number of amides is 2. The zero-order chi connectivity index (χ0) is 21.0. The number of nitrogens with zero attached hydrogens (tertiary/aromatic N) is 1. The molecule has 29 heavy (non-hydrogen) atoms. The fraction of sp³-hybridized carbons (Fsp3) is 0.190. The summed E-state index contributed by atoms with van der Waals surface area (Å²) in [6.45, 7) is 5.31. The van der Waals surface area contributed by atoms with E-state index in [4.69, 9.17) is 4.74 Å². The Bertz CT molecular complexity index is 1040. The maximum absolute atomic E-state index is 12.7. The molecule has 1 aromatic heterocycles. The first-order valence-corrected chi connectivity index (χ1v) is 9.75. The van der Waals surface area contributed by atoms with Gasteiger partial charge in [0.15, 0.2) is 5.13 Å². The number of aromatic nitrogens is 1. The van der Waals surface area contributed by atoms with Gasteiger partial charge in [-0.3, -0.25) is 9.59 Å². The van der Waals surface area contributed by atoms with Crippen LogP contribution in [-0.4, -0.2) is 23.9 Å². The minimum atomic E-state index is -0.226. The van der Waals surface area contributed by atoms with Crippen LogP contribution in [0.4, 0.5) is 22.2 Å². The standard InChI is InChI=1S/C21H22N4O3S/c1-12-5-10-17(28-4)13(2)19(12)25-20(27)18-11-22-21(29-18)24-16-8-6-15(7-9-16)23-14(3)26/h5-11H,1-4H3,(H,22,24)(H,23,26)(H,25,27). The van der Waals surface area contributed by atoms with E-state index in [9.17, 15) is 9.59 Å². The number of methoxy groups -OCH3 is 1. The van der Waals surface area contributed by atoms with Crippen LogP contribution in [0.25, 0.3) is 0 Å². The van der Waals surface area contributed by atoms with Crippen molar-refractivity contribution in [3.8, 4) is 5.75 Å². The van der Waals surface area contributed by atoms with Gasteiger partial charge in [0, 0.05) is 23.9 Å². The van der Waals surface area contributed by atoms with Crippen LogP contribution in [0.2, 0.25) is 0 Å². The Labute approximate surface area is 173 Å². The second-order valence-electron chi connectivity index (χ2n) is 6.45. The van der Waals surface area contributed by atoms with Gasteiger partial charge in [0.2, 0.25) is 5.91 Å². The first kappa shape index (κ1) is 20.3. The summed E-state index contributed by atoms with van der Waals surface area (Å²) in [4.78, 5) is 28.5. The Balaban J connectivity index is 1.70. The number of hydrogen-bond donors (Lipinski definition) is 3. The highest BCUT2D eigenvalue weighted by Gasteiger charge is 2.15. The Morgan fingerprint density at radius 3 is 2.34 bits per heavy atom. The average molecular weight is 410 g/mol. The smallest absolute Gasteiger partial charge is 0.267 e. The molecule has 0 atom stereocenters. The minimum Gasteiger partial charge on any atom is -0.496 e. The molecular weight excluding hydrogens is 388 g/mol. The average Bonchev–Trinajstić information content (AvgIpc) is 3.15. The van der Waals surface area contributed by atoms with Gasteiger partial charge in [0.1, 0.15) is 10.6 Å². The Hall–Kier alpha value is -3.39. The van der Waals surface area contributed by atoms with Gasteiger partial charge >= 0.3 is 0 Å². The summed E-state index contributed by atoms with van der Waals surface area (Å²) in [6, 6.07) is 11.0. The molecule has 0 aliphatic heterocycles.